The minimum absolute atomic E-state index is 0.923. The number of ether oxygens (including phenoxy) is 1. The van der Waals surface area contributed by atoms with Gasteiger partial charge in [0.05, 0.1) is 7.11 Å². The maximum absolute atomic E-state index is 5.33. The molecule has 0 unspecified atom stereocenters. The van der Waals surface area contributed by atoms with Gasteiger partial charge in [-0.25, -0.2) is 0 Å². The van der Waals surface area contributed by atoms with E-state index in [2.05, 4.69) is 52.7 Å². The molecular formula is C17H20N2O. The van der Waals surface area contributed by atoms with Gasteiger partial charge in [0.15, 0.2) is 0 Å². The van der Waals surface area contributed by atoms with Gasteiger partial charge in [-0.3, -0.25) is 4.90 Å². The van der Waals surface area contributed by atoms with Crippen LogP contribution in [0.15, 0.2) is 48.5 Å². The molecule has 3 nitrogen and oxygen atoms in total. The number of hydrogen-bond donors (Lipinski definition) is 1. The summed E-state index contributed by atoms with van der Waals surface area (Å²) in [5.74, 6) is 0.923. The number of nitrogens with zero attached hydrogens (tertiary/aromatic N) is 1. The molecule has 0 saturated heterocycles. The fourth-order valence-corrected chi connectivity index (χ4v) is 2.65. The second-order valence-corrected chi connectivity index (χ2v) is 5.15. The lowest BCUT2D eigenvalue weighted by Gasteiger charge is -2.20. The van der Waals surface area contributed by atoms with Gasteiger partial charge in [-0.15, -0.1) is 0 Å². The lowest BCUT2D eigenvalue weighted by molar-refractivity contribution is 0.271. The molecular weight excluding hydrogens is 248 g/mol. The Hall–Kier alpha value is -2.00. The monoisotopic (exact) mass is 268 g/mol. The third-order valence-corrected chi connectivity index (χ3v) is 3.70. The predicted octanol–water partition coefficient (Wildman–Crippen LogP) is 3.12. The van der Waals surface area contributed by atoms with Crippen molar-refractivity contribution in [1.29, 1.82) is 0 Å². The van der Waals surface area contributed by atoms with Crippen LogP contribution in [0.25, 0.3) is 0 Å². The zero-order valence-electron chi connectivity index (χ0n) is 11.8. The van der Waals surface area contributed by atoms with Gasteiger partial charge in [0.25, 0.3) is 0 Å². The standard InChI is InChI=1S/C17H20N2O/c1-20-16-7-8-17-15(11-16)13-19(10-9-18-17)12-14-5-3-2-4-6-14/h2-8,11,18H,9-10,12-13H2,1H3. The molecule has 0 bridgehead atoms. The molecule has 1 aliphatic rings. The summed E-state index contributed by atoms with van der Waals surface area (Å²) < 4.78 is 5.33. The molecule has 0 saturated carbocycles. The Morgan fingerprint density at radius 3 is 2.80 bits per heavy atom. The predicted molar refractivity (Wildman–Crippen MR) is 82.0 cm³/mol. The highest BCUT2D eigenvalue weighted by molar-refractivity contribution is 5.54. The van der Waals surface area contributed by atoms with E-state index in [0.29, 0.717) is 0 Å². The Kier molecular flexibility index (Phi) is 3.88. The van der Waals surface area contributed by atoms with Crippen LogP contribution in [0.4, 0.5) is 5.69 Å². The number of hydrogen-bond acceptors (Lipinski definition) is 3. The summed E-state index contributed by atoms with van der Waals surface area (Å²) in [5.41, 5.74) is 3.89. The second kappa shape index (κ2) is 5.97. The Labute approximate surface area is 120 Å². The van der Waals surface area contributed by atoms with Crippen LogP contribution in [0.3, 0.4) is 0 Å². The normalized spacial score (nSPS) is 15.1. The van der Waals surface area contributed by atoms with Gasteiger partial charge in [0.1, 0.15) is 5.75 Å². The van der Waals surface area contributed by atoms with Crippen molar-refractivity contribution in [2.75, 3.05) is 25.5 Å². The van der Waals surface area contributed by atoms with Gasteiger partial charge >= 0.3 is 0 Å². The van der Waals surface area contributed by atoms with Crippen LogP contribution in [0, 0.1) is 0 Å². The van der Waals surface area contributed by atoms with E-state index in [1.54, 1.807) is 7.11 Å². The maximum atomic E-state index is 5.33. The molecule has 1 aliphatic heterocycles. The lowest BCUT2D eigenvalue weighted by Crippen LogP contribution is -2.25. The number of methoxy groups -OCH3 is 1. The van der Waals surface area contributed by atoms with Crippen molar-refractivity contribution in [2.45, 2.75) is 13.1 Å². The van der Waals surface area contributed by atoms with Crippen LogP contribution in [-0.2, 0) is 13.1 Å². The fourth-order valence-electron chi connectivity index (χ4n) is 2.65. The lowest BCUT2D eigenvalue weighted by atomic mass is 10.1. The number of benzene rings is 2. The molecule has 2 aromatic carbocycles. The first-order valence-corrected chi connectivity index (χ1v) is 7.02. The molecule has 0 atom stereocenters. The van der Waals surface area contributed by atoms with Gasteiger partial charge in [-0.2, -0.15) is 0 Å². The summed E-state index contributed by atoms with van der Waals surface area (Å²) in [6, 6.07) is 16.9. The number of nitrogens with one attached hydrogen (secondary N) is 1. The molecule has 3 heteroatoms. The van der Waals surface area contributed by atoms with Crippen LogP contribution in [0.5, 0.6) is 5.75 Å². The number of fused-ring (bicyclic) bond motifs is 1. The smallest absolute Gasteiger partial charge is 0.119 e. The van der Waals surface area contributed by atoms with E-state index in [4.69, 9.17) is 4.74 Å². The highest BCUT2D eigenvalue weighted by Crippen LogP contribution is 2.25. The van der Waals surface area contributed by atoms with Crippen molar-refractivity contribution in [1.82, 2.24) is 4.90 Å². The van der Waals surface area contributed by atoms with Crippen LogP contribution in [0.1, 0.15) is 11.1 Å². The first-order chi connectivity index (χ1) is 9.85. The third-order valence-electron chi connectivity index (χ3n) is 3.70. The third kappa shape index (κ3) is 2.94. The van der Waals surface area contributed by atoms with Crippen molar-refractivity contribution >= 4 is 5.69 Å². The minimum atomic E-state index is 0.923. The van der Waals surface area contributed by atoms with Crippen molar-refractivity contribution in [3.05, 3.63) is 59.7 Å². The molecule has 0 fully saturated rings. The molecule has 1 N–H and O–H groups in total. The maximum Gasteiger partial charge on any atom is 0.119 e. The van der Waals surface area contributed by atoms with E-state index in [1.807, 2.05) is 6.07 Å². The van der Waals surface area contributed by atoms with Gasteiger partial charge in [0, 0.05) is 31.9 Å². The molecule has 2 aromatic rings. The van der Waals surface area contributed by atoms with E-state index in [-0.39, 0.29) is 0 Å². The highest BCUT2D eigenvalue weighted by Gasteiger charge is 2.14. The van der Waals surface area contributed by atoms with Gasteiger partial charge in [-0.1, -0.05) is 30.3 Å². The van der Waals surface area contributed by atoms with Crippen molar-refractivity contribution in [3.63, 3.8) is 0 Å². The number of anilines is 1. The van der Waals surface area contributed by atoms with Crippen molar-refractivity contribution in [3.8, 4) is 5.75 Å². The highest BCUT2D eigenvalue weighted by atomic mass is 16.5. The Morgan fingerprint density at radius 1 is 1.15 bits per heavy atom. The first-order valence-electron chi connectivity index (χ1n) is 7.02. The van der Waals surface area contributed by atoms with Crippen LogP contribution < -0.4 is 10.1 Å². The fraction of sp³-hybridized carbons (Fsp3) is 0.294. The topological polar surface area (TPSA) is 24.5 Å². The van der Waals surface area contributed by atoms with Crippen LogP contribution in [-0.4, -0.2) is 25.1 Å². The molecule has 1 heterocycles. The van der Waals surface area contributed by atoms with Crippen LogP contribution in [0.2, 0.25) is 0 Å². The van der Waals surface area contributed by atoms with Gasteiger partial charge < -0.3 is 10.1 Å². The molecule has 0 aliphatic carbocycles. The minimum Gasteiger partial charge on any atom is -0.497 e. The van der Waals surface area contributed by atoms with Gasteiger partial charge in [-0.05, 0) is 29.3 Å². The Morgan fingerprint density at radius 2 is 2.00 bits per heavy atom. The average Bonchev–Trinajstić information content (AvgIpc) is 2.69. The van der Waals surface area contributed by atoms with Crippen molar-refractivity contribution < 1.29 is 4.74 Å². The van der Waals surface area contributed by atoms with E-state index in [1.165, 1.54) is 16.8 Å². The molecule has 0 aromatic heterocycles. The SMILES string of the molecule is COc1ccc2c(c1)CN(Cc1ccccc1)CCN2. The largest absolute Gasteiger partial charge is 0.497 e. The van der Waals surface area contributed by atoms with E-state index in [9.17, 15) is 0 Å². The summed E-state index contributed by atoms with van der Waals surface area (Å²) in [6.45, 7) is 3.96. The first kappa shape index (κ1) is 13.0. The molecule has 20 heavy (non-hydrogen) atoms. The zero-order chi connectivity index (χ0) is 13.8. The summed E-state index contributed by atoms with van der Waals surface area (Å²) >= 11 is 0. The quantitative estimate of drug-likeness (QED) is 0.925. The average molecular weight is 268 g/mol. The van der Waals surface area contributed by atoms with E-state index in [0.717, 1.165) is 31.9 Å². The van der Waals surface area contributed by atoms with E-state index < -0.39 is 0 Å². The molecule has 0 radical (unpaired) electrons. The summed E-state index contributed by atoms with van der Waals surface area (Å²) in [5, 5.41) is 3.49. The summed E-state index contributed by atoms with van der Waals surface area (Å²) in [7, 11) is 1.72. The van der Waals surface area contributed by atoms with Crippen LogP contribution >= 0.6 is 0 Å². The molecule has 3 rings (SSSR count). The molecule has 104 valence electrons. The zero-order valence-corrected chi connectivity index (χ0v) is 11.8. The van der Waals surface area contributed by atoms with Gasteiger partial charge in [0.2, 0.25) is 0 Å². The Balaban J connectivity index is 1.78. The summed E-state index contributed by atoms with van der Waals surface area (Å²) in [6.07, 6.45) is 0. The Bertz CT molecular complexity index is 568. The molecule has 0 spiro atoms. The van der Waals surface area contributed by atoms with E-state index >= 15 is 0 Å². The molecule has 0 amide bonds. The number of rotatable bonds is 3. The van der Waals surface area contributed by atoms with Crippen molar-refractivity contribution in [2.24, 2.45) is 0 Å². The second-order valence-electron chi connectivity index (χ2n) is 5.15. The summed E-state index contributed by atoms with van der Waals surface area (Å²) in [4.78, 5) is 2.47.